The van der Waals surface area contributed by atoms with Gasteiger partial charge in [-0.2, -0.15) is 0 Å². The monoisotopic (exact) mass is 729 g/mol. The van der Waals surface area contributed by atoms with E-state index in [1.807, 2.05) is 13.8 Å². The zero-order chi connectivity index (χ0) is 40.4. The summed E-state index contributed by atoms with van der Waals surface area (Å²) in [4.78, 5) is 0. The number of unbranched alkanes of at least 4 members (excludes halogenated alkanes) is 2. The van der Waals surface area contributed by atoms with Crippen molar-refractivity contribution in [2.75, 3.05) is 26.4 Å². The van der Waals surface area contributed by atoms with Gasteiger partial charge in [0.1, 0.15) is 0 Å². The fourth-order valence-electron chi connectivity index (χ4n) is 6.26. The molecule has 51 heavy (non-hydrogen) atoms. The highest BCUT2D eigenvalue weighted by molar-refractivity contribution is 4.93. The Labute approximate surface area is 319 Å². The Bertz CT molecular complexity index is 964. The van der Waals surface area contributed by atoms with E-state index < -0.39 is 5.60 Å². The minimum absolute atomic E-state index is 0.0134. The lowest BCUT2D eigenvalue weighted by molar-refractivity contribution is -0.164. The van der Waals surface area contributed by atoms with Crippen LogP contribution in [0.15, 0.2) is 0 Å². The highest BCUT2D eigenvalue weighted by Gasteiger charge is 2.44. The largest absolute Gasteiger partial charge is 0.390 e. The molecule has 0 fully saturated rings. The normalized spacial score (nSPS) is 15.6. The molecule has 0 amide bonds. The van der Waals surface area contributed by atoms with Crippen molar-refractivity contribution in [1.82, 2.24) is 0 Å². The van der Waals surface area contributed by atoms with Gasteiger partial charge in [-0.1, -0.05) is 68.2 Å². The summed E-state index contributed by atoms with van der Waals surface area (Å²) in [5.41, 5.74) is -1.76. The van der Waals surface area contributed by atoms with Gasteiger partial charge in [0.15, 0.2) is 0 Å². The molecule has 1 atom stereocenters. The topological polar surface area (TPSA) is 66.4 Å². The molecule has 308 valence electrons. The zero-order valence-electron chi connectivity index (χ0n) is 38.3. The first kappa shape index (κ1) is 50.8. The molecular formula is C45H92O6. The van der Waals surface area contributed by atoms with E-state index in [1.54, 1.807) is 0 Å². The molecule has 0 heterocycles. The summed E-state index contributed by atoms with van der Waals surface area (Å²) < 4.78 is 32.1. The predicted molar refractivity (Wildman–Crippen MR) is 219 cm³/mol. The van der Waals surface area contributed by atoms with Gasteiger partial charge in [0.25, 0.3) is 0 Å². The maximum Gasteiger partial charge on any atom is 0.0680 e. The van der Waals surface area contributed by atoms with Crippen molar-refractivity contribution in [1.29, 1.82) is 0 Å². The summed E-state index contributed by atoms with van der Waals surface area (Å²) in [6.45, 7) is 49.2. The van der Waals surface area contributed by atoms with Gasteiger partial charge in [-0.05, 0) is 157 Å². The molecule has 0 radical (unpaired) electrons. The molecule has 0 aliphatic heterocycles. The van der Waals surface area contributed by atoms with E-state index in [1.165, 1.54) is 0 Å². The summed E-state index contributed by atoms with van der Waals surface area (Å²) in [5, 5.41) is 10.1. The van der Waals surface area contributed by atoms with Crippen molar-refractivity contribution in [2.24, 2.45) is 21.7 Å². The SMILES string of the molecule is CC(C)OCCC(C)(C)C(C)(C)OCCCCC(C)(C)C(C)(C)OC(C)CC(C)(C)C(C)(C)OCCCCC(C)(C)C(C)(C)OCCC(C)(C)O. The van der Waals surface area contributed by atoms with Crippen molar-refractivity contribution in [3.8, 4) is 0 Å². The molecule has 1 N–H and O–H groups in total. The molecule has 6 heteroatoms. The summed E-state index contributed by atoms with van der Waals surface area (Å²) >= 11 is 0. The molecule has 6 nitrogen and oxygen atoms in total. The summed E-state index contributed by atoms with van der Waals surface area (Å²) in [5.74, 6) is 0. The number of hydrogen-bond acceptors (Lipinski definition) is 6. The molecule has 0 aromatic rings. The second-order valence-electron chi connectivity index (χ2n) is 21.4. The Morgan fingerprint density at radius 1 is 0.412 bits per heavy atom. The first-order chi connectivity index (χ1) is 22.6. The minimum atomic E-state index is -0.704. The van der Waals surface area contributed by atoms with E-state index in [2.05, 4.69) is 132 Å². The van der Waals surface area contributed by atoms with Gasteiger partial charge in [-0.15, -0.1) is 0 Å². The molecule has 0 spiro atoms. The quantitative estimate of drug-likeness (QED) is 0.0809. The first-order valence-corrected chi connectivity index (χ1v) is 20.6. The number of hydrogen-bond donors (Lipinski definition) is 1. The van der Waals surface area contributed by atoms with Crippen LogP contribution < -0.4 is 0 Å². The highest BCUT2D eigenvalue weighted by Crippen LogP contribution is 2.44. The van der Waals surface area contributed by atoms with Crippen molar-refractivity contribution < 1.29 is 28.8 Å². The Balaban J connectivity index is 4.89. The number of rotatable bonds is 28. The second kappa shape index (κ2) is 19.6. The number of aliphatic hydroxyl groups is 1. The zero-order valence-corrected chi connectivity index (χ0v) is 38.3. The molecule has 0 aromatic heterocycles. The summed E-state index contributed by atoms with van der Waals surface area (Å²) in [6, 6.07) is 0. The van der Waals surface area contributed by atoms with Crippen molar-refractivity contribution >= 4 is 0 Å². The van der Waals surface area contributed by atoms with Gasteiger partial charge < -0.3 is 28.8 Å². The molecular weight excluding hydrogens is 636 g/mol. The fourth-order valence-corrected chi connectivity index (χ4v) is 6.26. The lowest BCUT2D eigenvalue weighted by atomic mass is 9.71. The van der Waals surface area contributed by atoms with Gasteiger partial charge in [0.2, 0.25) is 0 Å². The Kier molecular flexibility index (Phi) is 19.5. The molecule has 1 unspecified atom stereocenters. The van der Waals surface area contributed by atoms with Gasteiger partial charge >= 0.3 is 0 Å². The summed E-state index contributed by atoms with van der Waals surface area (Å²) in [7, 11) is 0. The van der Waals surface area contributed by atoms with E-state index in [0.717, 1.165) is 71.2 Å². The van der Waals surface area contributed by atoms with Crippen LogP contribution in [-0.4, -0.2) is 71.7 Å². The van der Waals surface area contributed by atoms with Crippen LogP contribution in [-0.2, 0) is 23.7 Å². The third-order valence-electron chi connectivity index (χ3n) is 13.5. The second-order valence-corrected chi connectivity index (χ2v) is 21.4. The van der Waals surface area contributed by atoms with Crippen molar-refractivity contribution in [3.63, 3.8) is 0 Å². The fraction of sp³-hybridized carbons (Fsp3) is 1.00. The molecule has 0 rings (SSSR count). The van der Waals surface area contributed by atoms with Crippen molar-refractivity contribution in [3.05, 3.63) is 0 Å². The molecule has 0 aliphatic carbocycles. The predicted octanol–water partition coefficient (Wildman–Crippen LogP) is 12.4. The van der Waals surface area contributed by atoms with Gasteiger partial charge in [-0.25, -0.2) is 0 Å². The maximum atomic E-state index is 10.1. The number of ether oxygens (including phenoxy) is 5. The van der Waals surface area contributed by atoms with Crippen LogP contribution in [0.5, 0.6) is 0 Å². The highest BCUT2D eigenvalue weighted by atomic mass is 16.5. The van der Waals surface area contributed by atoms with Crippen LogP contribution in [0.25, 0.3) is 0 Å². The Hall–Kier alpha value is -0.240. The minimum Gasteiger partial charge on any atom is -0.390 e. The van der Waals surface area contributed by atoms with Gasteiger partial charge in [0.05, 0.1) is 46.8 Å². The standard InChI is InChI=1S/C45H92O6/c1-35(2)47-32-28-39(8,9)43(16,17)48-30-25-23-27-38(6,7)45(20,21)51-36(3)34-40(10,11)44(18,19)49-31-24-22-26-37(4,5)42(14,15)50-33-29-41(12,13)46/h35-36,46H,22-34H2,1-21H3. The molecule has 0 aliphatic rings. The van der Waals surface area contributed by atoms with E-state index >= 15 is 0 Å². The smallest absolute Gasteiger partial charge is 0.0680 e. The van der Waals surface area contributed by atoms with Crippen molar-refractivity contribution in [2.45, 2.75) is 243 Å². The van der Waals surface area contributed by atoms with Crippen LogP contribution in [0.3, 0.4) is 0 Å². The van der Waals surface area contributed by atoms with E-state index in [0.29, 0.717) is 13.0 Å². The van der Waals surface area contributed by atoms with E-state index in [9.17, 15) is 5.11 Å². The maximum absolute atomic E-state index is 10.1. The van der Waals surface area contributed by atoms with Crippen LogP contribution in [0.4, 0.5) is 0 Å². The van der Waals surface area contributed by atoms with E-state index in [4.69, 9.17) is 23.7 Å². The van der Waals surface area contributed by atoms with Crippen LogP contribution in [0.1, 0.15) is 203 Å². The van der Waals surface area contributed by atoms with Crippen LogP contribution >= 0.6 is 0 Å². The third-order valence-corrected chi connectivity index (χ3v) is 13.5. The average Bonchev–Trinajstić information content (AvgIpc) is 2.90. The lowest BCUT2D eigenvalue weighted by Crippen LogP contribution is -2.47. The Morgan fingerprint density at radius 3 is 1.20 bits per heavy atom. The van der Waals surface area contributed by atoms with Gasteiger partial charge in [-0.3, -0.25) is 0 Å². The molecule has 0 saturated heterocycles. The first-order valence-electron chi connectivity index (χ1n) is 20.6. The van der Waals surface area contributed by atoms with Gasteiger partial charge in [0, 0.05) is 19.8 Å². The Morgan fingerprint density at radius 2 is 0.784 bits per heavy atom. The molecule has 0 saturated carbocycles. The van der Waals surface area contributed by atoms with E-state index in [-0.39, 0.29) is 56.3 Å². The lowest BCUT2D eigenvalue weighted by Gasteiger charge is -2.47. The van der Waals surface area contributed by atoms with Crippen LogP contribution in [0.2, 0.25) is 0 Å². The molecule has 0 aromatic carbocycles. The average molecular weight is 729 g/mol. The third kappa shape index (κ3) is 17.4. The molecule has 0 bridgehead atoms. The van der Waals surface area contributed by atoms with Crippen LogP contribution in [0, 0.1) is 21.7 Å². The summed E-state index contributed by atoms with van der Waals surface area (Å²) in [6.07, 6.45) is 9.29.